The van der Waals surface area contributed by atoms with Gasteiger partial charge in [0.2, 0.25) is 0 Å². The molecule has 3 unspecified atom stereocenters. The average molecular weight is 240 g/mol. The van der Waals surface area contributed by atoms with Crippen molar-refractivity contribution in [2.75, 3.05) is 26.3 Å². The number of nitrogens with one attached hydrogen (secondary N) is 1. The zero-order chi connectivity index (χ0) is 12.3. The first-order valence-corrected chi connectivity index (χ1v) is 6.81. The molecule has 98 valence electrons. The number of amides is 2. The Morgan fingerprint density at radius 3 is 2.65 bits per heavy atom. The lowest BCUT2D eigenvalue weighted by molar-refractivity contribution is 0.0509. The van der Waals surface area contributed by atoms with Gasteiger partial charge in [0, 0.05) is 19.1 Å². The van der Waals surface area contributed by atoms with Crippen LogP contribution in [0.2, 0.25) is 0 Å². The molecule has 2 fully saturated rings. The van der Waals surface area contributed by atoms with Gasteiger partial charge in [-0.05, 0) is 18.3 Å². The van der Waals surface area contributed by atoms with Gasteiger partial charge in [-0.25, -0.2) is 4.79 Å². The van der Waals surface area contributed by atoms with E-state index in [0.717, 1.165) is 25.4 Å². The number of hydrogen-bond donors (Lipinski definition) is 1. The summed E-state index contributed by atoms with van der Waals surface area (Å²) in [6.07, 6.45) is 3.66. The fourth-order valence-corrected chi connectivity index (χ4v) is 2.80. The number of carbonyl (C=O) groups is 1. The van der Waals surface area contributed by atoms with Crippen molar-refractivity contribution in [3.8, 4) is 0 Å². The molecule has 17 heavy (non-hydrogen) atoms. The summed E-state index contributed by atoms with van der Waals surface area (Å²) in [5, 5.41) is 3.20. The predicted octanol–water partition coefficient (Wildman–Crippen LogP) is 1.85. The molecule has 2 amide bonds. The van der Waals surface area contributed by atoms with Crippen LogP contribution >= 0.6 is 0 Å². The van der Waals surface area contributed by atoms with Crippen molar-refractivity contribution in [3.63, 3.8) is 0 Å². The number of carbonyl (C=O) groups excluding carboxylic acids is 1. The Kier molecular flexibility index (Phi) is 4.26. The Labute approximate surface area is 104 Å². The van der Waals surface area contributed by atoms with Gasteiger partial charge in [-0.1, -0.05) is 26.7 Å². The van der Waals surface area contributed by atoms with Gasteiger partial charge in [-0.3, -0.25) is 0 Å². The molecule has 0 radical (unpaired) electrons. The van der Waals surface area contributed by atoms with Crippen molar-refractivity contribution < 1.29 is 9.53 Å². The Morgan fingerprint density at radius 1 is 1.24 bits per heavy atom. The van der Waals surface area contributed by atoms with Gasteiger partial charge in [0.05, 0.1) is 13.2 Å². The van der Waals surface area contributed by atoms with Crippen LogP contribution in [-0.2, 0) is 4.74 Å². The van der Waals surface area contributed by atoms with Gasteiger partial charge in [-0.2, -0.15) is 0 Å². The fourth-order valence-electron chi connectivity index (χ4n) is 2.80. The molecule has 0 aromatic heterocycles. The second-order valence-corrected chi connectivity index (χ2v) is 5.42. The summed E-state index contributed by atoms with van der Waals surface area (Å²) in [6.45, 7) is 7.34. The van der Waals surface area contributed by atoms with E-state index in [9.17, 15) is 4.79 Å². The monoisotopic (exact) mass is 240 g/mol. The van der Waals surface area contributed by atoms with Crippen LogP contribution in [0.5, 0.6) is 0 Å². The third-order valence-corrected chi connectivity index (χ3v) is 4.31. The molecule has 4 heteroatoms. The first kappa shape index (κ1) is 12.7. The van der Waals surface area contributed by atoms with Crippen LogP contribution in [0.3, 0.4) is 0 Å². The van der Waals surface area contributed by atoms with E-state index < -0.39 is 0 Å². The highest BCUT2D eigenvalue weighted by Crippen LogP contribution is 2.29. The van der Waals surface area contributed by atoms with E-state index in [1.807, 2.05) is 4.90 Å². The third kappa shape index (κ3) is 3.12. The summed E-state index contributed by atoms with van der Waals surface area (Å²) in [6, 6.07) is 0.452. The fraction of sp³-hybridized carbons (Fsp3) is 0.923. The number of urea groups is 1. The zero-order valence-corrected chi connectivity index (χ0v) is 10.9. The smallest absolute Gasteiger partial charge is 0.317 e. The van der Waals surface area contributed by atoms with Crippen LogP contribution in [0.4, 0.5) is 4.79 Å². The molecule has 0 spiro atoms. The molecule has 2 rings (SSSR count). The van der Waals surface area contributed by atoms with Crippen LogP contribution in [0.25, 0.3) is 0 Å². The molecule has 0 bridgehead atoms. The van der Waals surface area contributed by atoms with Gasteiger partial charge in [-0.15, -0.1) is 0 Å². The molecule has 0 aromatic carbocycles. The normalized spacial score (nSPS) is 34.5. The SMILES string of the molecule is CC1CCCC(NC(=O)N2CCOCC2)C1C. The first-order valence-electron chi connectivity index (χ1n) is 6.81. The minimum Gasteiger partial charge on any atom is -0.378 e. The molecule has 3 atom stereocenters. The number of hydrogen-bond acceptors (Lipinski definition) is 2. The number of nitrogens with zero attached hydrogens (tertiary/aromatic N) is 1. The lowest BCUT2D eigenvalue weighted by atomic mass is 9.78. The largest absolute Gasteiger partial charge is 0.378 e. The van der Waals surface area contributed by atoms with Crippen LogP contribution in [0, 0.1) is 11.8 Å². The van der Waals surface area contributed by atoms with Crippen LogP contribution < -0.4 is 5.32 Å². The van der Waals surface area contributed by atoms with E-state index in [1.54, 1.807) is 0 Å². The summed E-state index contributed by atoms with van der Waals surface area (Å²) in [5.74, 6) is 1.31. The van der Waals surface area contributed by atoms with Crippen molar-refractivity contribution in [2.24, 2.45) is 11.8 Å². The summed E-state index contributed by atoms with van der Waals surface area (Å²) >= 11 is 0. The molecule has 1 saturated heterocycles. The molecule has 1 N–H and O–H groups in total. The van der Waals surface area contributed by atoms with E-state index in [1.165, 1.54) is 12.8 Å². The first-order chi connectivity index (χ1) is 8.18. The highest BCUT2D eigenvalue weighted by atomic mass is 16.5. The predicted molar refractivity (Wildman–Crippen MR) is 66.9 cm³/mol. The maximum atomic E-state index is 12.1. The minimum absolute atomic E-state index is 0.0965. The quantitative estimate of drug-likeness (QED) is 0.760. The molecule has 1 aliphatic carbocycles. The Balaban J connectivity index is 1.84. The van der Waals surface area contributed by atoms with E-state index in [0.29, 0.717) is 25.2 Å². The van der Waals surface area contributed by atoms with Crippen LogP contribution in [-0.4, -0.2) is 43.3 Å². The molecule has 1 saturated carbocycles. The standard InChI is InChI=1S/C13H24N2O2/c1-10-4-3-5-12(11(10)2)14-13(16)15-6-8-17-9-7-15/h10-12H,3-9H2,1-2H3,(H,14,16). The summed E-state index contributed by atoms with van der Waals surface area (Å²) in [7, 11) is 0. The number of morpholine rings is 1. The summed E-state index contributed by atoms with van der Waals surface area (Å²) in [4.78, 5) is 13.9. The Hall–Kier alpha value is -0.770. The van der Waals surface area contributed by atoms with Crippen LogP contribution in [0.15, 0.2) is 0 Å². The van der Waals surface area contributed by atoms with Gasteiger partial charge in [0.1, 0.15) is 0 Å². The minimum atomic E-state index is 0.0965. The number of ether oxygens (including phenoxy) is 1. The second-order valence-electron chi connectivity index (χ2n) is 5.42. The van der Waals surface area contributed by atoms with Gasteiger partial charge in [0.25, 0.3) is 0 Å². The van der Waals surface area contributed by atoms with Crippen molar-refractivity contribution >= 4 is 6.03 Å². The second kappa shape index (κ2) is 5.71. The molecule has 2 aliphatic rings. The summed E-state index contributed by atoms with van der Waals surface area (Å²) < 4.78 is 5.26. The van der Waals surface area contributed by atoms with Gasteiger partial charge in [0.15, 0.2) is 0 Å². The summed E-state index contributed by atoms with van der Waals surface area (Å²) in [5.41, 5.74) is 0. The molecule has 0 aromatic rings. The molecule has 1 heterocycles. The molecular weight excluding hydrogens is 216 g/mol. The number of rotatable bonds is 1. The van der Waals surface area contributed by atoms with Crippen molar-refractivity contribution in [2.45, 2.75) is 39.2 Å². The van der Waals surface area contributed by atoms with E-state index in [4.69, 9.17) is 4.74 Å². The van der Waals surface area contributed by atoms with Crippen LogP contribution in [0.1, 0.15) is 33.1 Å². The molecule has 4 nitrogen and oxygen atoms in total. The highest BCUT2D eigenvalue weighted by Gasteiger charge is 2.29. The van der Waals surface area contributed by atoms with Gasteiger partial charge >= 0.3 is 6.03 Å². The lowest BCUT2D eigenvalue weighted by Gasteiger charge is -2.36. The van der Waals surface area contributed by atoms with E-state index in [2.05, 4.69) is 19.2 Å². The topological polar surface area (TPSA) is 41.6 Å². The van der Waals surface area contributed by atoms with Crippen molar-refractivity contribution in [1.82, 2.24) is 10.2 Å². The van der Waals surface area contributed by atoms with Crippen molar-refractivity contribution in [3.05, 3.63) is 0 Å². The average Bonchev–Trinajstić information content (AvgIpc) is 2.36. The maximum absolute atomic E-state index is 12.1. The van der Waals surface area contributed by atoms with Gasteiger partial charge < -0.3 is 15.0 Å². The van der Waals surface area contributed by atoms with Crippen molar-refractivity contribution in [1.29, 1.82) is 0 Å². The Bertz CT molecular complexity index is 264. The zero-order valence-electron chi connectivity index (χ0n) is 10.9. The molecular formula is C13H24N2O2. The van der Waals surface area contributed by atoms with E-state index >= 15 is 0 Å². The Morgan fingerprint density at radius 2 is 1.94 bits per heavy atom. The van der Waals surface area contributed by atoms with E-state index in [-0.39, 0.29) is 6.03 Å². The maximum Gasteiger partial charge on any atom is 0.317 e. The lowest BCUT2D eigenvalue weighted by Crippen LogP contribution is -2.52. The molecule has 1 aliphatic heterocycles. The highest BCUT2D eigenvalue weighted by molar-refractivity contribution is 5.74. The third-order valence-electron chi connectivity index (χ3n) is 4.31.